The van der Waals surface area contributed by atoms with Gasteiger partial charge in [-0.25, -0.2) is 0 Å². The number of benzene rings is 1. The number of anilines is 1. The van der Waals surface area contributed by atoms with Crippen molar-refractivity contribution in [1.82, 2.24) is 0 Å². The summed E-state index contributed by atoms with van der Waals surface area (Å²) < 4.78 is 5.69. The summed E-state index contributed by atoms with van der Waals surface area (Å²) in [6.45, 7) is 2.21. The smallest absolute Gasteiger partial charge is 0.147 e. The van der Waals surface area contributed by atoms with Crippen molar-refractivity contribution in [2.75, 3.05) is 5.43 Å². The van der Waals surface area contributed by atoms with E-state index in [1.807, 2.05) is 12.1 Å². The van der Waals surface area contributed by atoms with Crippen molar-refractivity contribution in [2.24, 2.45) is 11.0 Å². The zero-order valence-corrected chi connectivity index (χ0v) is 11.6. The monoisotopic (exact) mass is 283 g/mol. The Bertz CT molecular complexity index is 673. The molecule has 0 bridgehead atoms. The van der Waals surface area contributed by atoms with E-state index in [0.717, 1.165) is 5.76 Å². The number of carboxylic acid groups (broad SMARTS) is 1. The largest absolute Gasteiger partial charge is 0.545 e. The Morgan fingerprint density at radius 2 is 2.05 bits per heavy atom. The SMILES string of the molecule is C[C@@H]1C[C@@H]1c1ccc(/C=N\Nc2ccc(C(=O)[O-])cc2)o1. The van der Waals surface area contributed by atoms with Crippen LogP contribution in [0.3, 0.4) is 0 Å². The summed E-state index contributed by atoms with van der Waals surface area (Å²) in [5.41, 5.74) is 3.65. The molecule has 21 heavy (non-hydrogen) atoms. The van der Waals surface area contributed by atoms with Crippen LogP contribution in [0.2, 0.25) is 0 Å². The number of furan rings is 1. The maximum absolute atomic E-state index is 10.6. The van der Waals surface area contributed by atoms with E-state index in [0.29, 0.717) is 23.3 Å². The zero-order chi connectivity index (χ0) is 14.8. The summed E-state index contributed by atoms with van der Waals surface area (Å²) in [5.74, 6) is 1.78. The van der Waals surface area contributed by atoms with E-state index in [4.69, 9.17) is 4.42 Å². The molecule has 5 nitrogen and oxygen atoms in total. The highest BCUT2D eigenvalue weighted by Gasteiger charge is 2.36. The molecule has 0 saturated heterocycles. The van der Waals surface area contributed by atoms with Crippen LogP contribution in [0.15, 0.2) is 45.9 Å². The number of hydrogen-bond acceptors (Lipinski definition) is 5. The summed E-state index contributed by atoms with van der Waals surface area (Å²) in [5, 5.41) is 14.7. The van der Waals surface area contributed by atoms with Gasteiger partial charge in [-0.15, -0.1) is 0 Å². The number of aromatic carboxylic acids is 1. The molecule has 1 fully saturated rings. The fourth-order valence-corrected chi connectivity index (χ4v) is 2.21. The summed E-state index contributed by atoms with van der Waals surface area (Å²) in [4.78, 5) is 10.6. The van der Waals surface area contributed by atoms with Crippen LogP contribution in [0.5, 0.6) is 0 Å². The van der Waals surface area contributed by atoms with Crippen LogP contribution in [-0.4, -0.2) is 12.2 Å². The van der Waals surface area contributed by atoms with E-state index in [2.05, 4.69) is 17.5 Å². The van der Waals surface area contributed by atoms with Gasteiger partial charge in [-0.3, -0.25) is 5.43 Å². The lowest BCUT2D eigenvalue weighted by Crippen LogP contribution is -2.21. The van der Waals surface area contributed by atoms with Crippen molar-refractivity contribution in [2.45, 2.75) is 19.3 Å². The van der Waals surface area contributed by atoms with Crippen LogP contribution >= 0.6 is 0 Å². The van der Waals surface area contributed by atoms with E-state index in [-0.39, 0.29) is 5.56 Å². The highest BCUT2D eigenvalue weighted by Crippen LogP contribution is 2.47. The van der Waals surface area contributed by atoms with Crippen molar-refractivity contribution in [3.8, 4) is 0 Å². The summed E-state index contributed by atoms with van der Waals surface area (Å²) in [6.07, 6.45) is 2.79. The van der Waals surface area contributed by atoms with Gasteiger partial charge in [-0.2, -0.15) is 5.10 Å². The highest BCUT2D eigenvalue weighted by atomic mass is 16.4. The molecule has 0 aliphatic heterocycles. The molecule has 1 saturated carbocycles. The Hall–Kier alpha value is -2.56. The van der Waals surface area contributed by atoms with Crippen LogP contribution in [0.1, 0.15) is 41.1 Å². The van der Waals surface area contributed by atoms with Crippen molar-refractivity contribution < 1.29 is 14.3 Å². The third-order valence-electron chi connectivity index (χ3n) is 3.63. The quantitative estimate of drug-likeness (QED) is 0.674. The fraction of sp³-hybridized carbons (Fsp3) is 0.250. The molecular weight excluding hydrogens is 268 g/mol. The van der Waals surface area contributed by atoms with Gasteiger partial charge in [-0.1, -0.05) is 19.1 Å². The van der Waals surface area contributed by atoms with Crippen LogP contribution < -0.4 is 10.5 Å². The van der Waals surface area contributed by atoms with Crippen molar-refractivity contribution >= 4 is 17.9 Å². The standard InChI is InChI=1S/C16H16N2O3/c1-10-8-14(10)15-7-6-13(21-15)9-17-18-12-4-2-11(3-5-12)16(19)20/h2-7,9-10,14,18H,8H2,1H3,(H,19,20)/p-1/b17-9-/t10-,14+/m1/s1. The van der Waals surface area contributed by atoms with Crippen LogP contribution in [0, 0.1) is 5.92 Å². The first-order chi connectivity index (χ1) is 10.1. The third kappa shape index (κ3) is 3.13. The topological polar surface area (TPSA) is 77.7 Å². The van der Waals surface area contributed by atoms with Crippen LogP contribution in [0.4, 0.5) is 5.69 Å². The molecule has 3 rings (SSSR count). The van der Waals surface area contributed by atoms with Crippen LogP contribution in [-0.2, 0) is 0 Å². The molecule has 1 N–H and O–H groups in total. The Balaban J connectivity index is 1.59. The maximum Gasteiger partial charge on any atom is 0.147 e. The number of hydrazone groups is 1. The number of carbonyl (C=O) groups excluding carboxylic acids is 1. The second-order valence-electron chi connectivity index (χ2n) is 5.29. The predicted octanol–water partition coefficient (Wildman–Crippen LogP) is 2.21. The summed E-state index contributed by atoms with van der Waals surface area (Å²) >= 11 is 0. The zero-order valence-electron chi connectivity index (χ0n) is 11.6. The van der Waals surface area contributed by atoms with Gasteiger partial charge in [0.2, 0.25) is 0 Å². The van der Waals surface area contributed by atoms with E-state index in [9.17, 15) is 9.90 Å². The number of carboxylic acids is 1. The molecule has 108 valence electrons. The molecule has 2 atom stereocenters. The molecule has 1 aromatic heterocycles. The minimum Gasteiger partial charge on any atom is -0.545 e. The van der Waals surface area contributed by atoms with Gasteiger partial charge in [0.15, 0.2) is 0 Å². The fourth-order valence-electron chi connectivity index (χ4n) is 2.21. The number of rotatable bonds is 5. The number of carbonyl (C=O) groups is 1. The average molecular weight is 283 g/mol. The normalized spacial score (nSPS) is 20.6. The summed E-state index contributed by atoms with van der Waals surface area (Å²) in [7, 11) is 0. The molecule has 1 heterocycles. The number of nitrogens with one attached hydrogen (secondary N) is 1. The van der Waals surface area contributed by atoms with Gasteiger partial charge in [0.25, 0.3) is 0 Å². The lowest BCUT2D eigenvalue weighted by molar-refractivity contribution is -0.255. The molecule has 0 amide bonds. The van der Waals surface area contributed by atoms with Gasteiger partial charge in [0, 0.05) is 5.92 Å². The molecule has 0 radical (unpaired) electrons. The van der Waals surface area contributed by atoms with Crippen LogP contribution in [0.25, 0.3) is 0 Å². The summed E-state index contributed by atoms with van der Waals surface area (Å²) in [6, 6.07) is 10.1. The van der Waals surface area contributed by atoms with E-state index in [1.165, 1.54) is 18.6 Å². The van der Waals surface area contributed by atoms with Gasteiger partial charge < -0.3 is 14.3 Å². The molecule has 2 aromatic rings. The second kappa shape index (κ2) is 5.44. The molecule has 1 aromatic carbocycles. The van der Waals surface area contributed by atoms with Crippen molar-refractivity contribution in [3.63, 3.8) is 0 Å². The first-order valence-corrected chi connectivity index (χ1v) is 6.83. The number of hydrogen-bond donors (Lipinski definition) is 1. The Labute approximate surface area is 122 Å². The van der Waals surface area contributed by atoms with Gasteiger partial charge in [0.05, 0.1) is 17.9 Å². The van der Waals surface area contributed by atoms with Crippen molar-refractivity contribution in [3.05, 3.63) is 53.5 Å². The minimum atomic E-state index is -1.19. The van der Waals surface area contributed by atoms with Gasteiger partial charge in [0.1, 0.15) is 11.5 Å². The van der Waals surface area contributed by atoms with E-state index < -0.39 is 5.97 Å². The number of nitrogens with zero attached hydrogens (tertiary/aromatic N) is 1. The molecular formula is C16H15N2O3-. The first-order valence-electron chi connectivity index (χ1n) is 6.83. The molecule has 1 aliphatic carbocycles. The minimum absolute atomic E-state index is 0.138. The average Bonchev–Trinajstić information content (AvgIpc) is 3.01. The Morgan fingerprint density at radius 3 is 2.67 bits per heavy atom. The molecule has 1 aliphatic rings. The van der Waals surface area contributed by atoms with Gasteiger partial charge in [-0.05, 0) is 42.2 Å². The Kier molecular flexibility index (Phi) is 3.48. The van der Waals surface area contributed by atoms with Crippen molar-refractivity contribution in [1.29, 1.82) is 0 Å². The molecule has 0 spiro atoms. The van der Waals surface area contributed by atoms with E-state index in [1.54, 1.807) is 18.3 Å². The maximum atomic E-state index is 10.6. The first kappa shape index (κ1) is 13.4. The Morgan fingerprint density at radius 1 is 1.33 bits per heavy atom. The highest BCUT2D eigenvalue weighted by molar-refractivity contribution is 5.86. The molecule has 0 unspecified atom stereocenters. The van der Waals surface area contributed by atoms with E-state index >= 15 is 0 Å². The second-order valence-corrected chi connectivity index (χ2v) is 5.29. The predicted molar refractivity (Wildman–Crippen MR) is 77.2 cm³/mol. The lowest BCUT2D eigenvalue weighted by Gasteiger charge is -2.03. The lowest BCUT2D eigenvalue weighted by atomic mass is 10.2. The third-order valence-corrected chi connectivity index (χ3v) is 3.63. The van der Waals surface area contributed by atoms with Gasteiger partial charge >= 0.3 is 0 Å². The molecule has 5 heteroatoms.